The van der Waals surface area contributed by atoms with Gasteiger partial charge in [-0.1, -0.05) is 53.4 Å². The quantitative estimate of drug-likeness (QED) is 0.423. The molecule has 15 heavy (non-hydrogen) atoms. The van der Waals surface area contributed by atoms with Gasteiger partial charge >= 0.3 is 0 Å². The minimum absolute atomic E-state index is 0.481. The summed E-state index contributed by atoms with van der Waals surface area (Å²) in [5.41, 5.74) is 0.481. The van der Waals surface area contributed by atoms with E-state index in [2.05, 4.69) is 40.3 Å². The van der Waals surface area contributed by atoms with Crippen LogP contribution in [0.3, 0.4) is 0 Å². The summed E-state index contributed by atoms with van der Waals surface area (Å²) in [5.74, 6) is 1.93. The van der Waals surface area contributed by atoms with Gasteiger partial charge in [0.2, 0.25) is 0 Å². The monoisotopic (exact) mass is 230 g/mol. The summed E-state index contributed by atoms with van der Waals surface area (Å²) in [6.07, 6.45) is 9.64. The van der Waals surface area contributed by atoms with Gasteiger partial charge in [0.15, 0.2) is 0 Å². The van der Waals surface area contributed by atoms with Crippen molar-refractivity contribution in [3.05, 3.63) is 0 Å². The third-order valence-corrected chi connectivity index (χ3v) is 3.66. The molecule has 0 aliphatic carbocycles. The van der Waals surface area contributed by atoms with Crippen molar-refractivity contribution in [3.8, 4) is 0 Å². The first kappa shape index (κ1) is 15.3. The van der Waals surface area contributed by atoms with Crippen LogP contribution in [-0.2, 0) is 0 Å². The van der Waals surface area contributed by atoms with Crippen LogP contribution in [0.2, 0.25) is 0 Å². The molecule has 0 saturated carbocycles. The van der Waals surface area contributed by atoms with Crippen LogP contribution in [0, 0.1) is 11.3 Å². The predicted molar refractivity (Wildman–Crippen MR) is 74.8 cm³/mol. The Morgan fingerprint density at radius 2 is 1.53 bits per heavy atom. The second kappa shape index (κ2) is 8.50. The third kappa shape index (κ3) is 8.19. The Labute approximate surface area is 103 Å². The zero-order chi connectivity index (χ0) is 11.7. The van der Waals surface area contributed by atoms with Crippen LogP contribution in [-0.4, -0.2) is 5.75 Å². The van der Waals surface area contributed by atoms with Crippen LogP contribution < -0.4 is 0 Å². The van der Waals surface area contributed by atoms with Gasteiger partial charge in [0, 0.05) is 0 Å². The Bertz CT molecular complexity index is 135. The molecule has 0 radical (unpaired) electrons. The molecule has 0 spiro atoms. The van der Waals surface area contributed by atoms with Gasteiger partial charge in [-0.2, -0.15) is 12.6 Å². The van der Waals surface area contributed by atoms with Gasteiger partial charge in [-0.05, 0) is 36.3 Å². The predicted octanol–water partition coefficient (Wildman–Crippen LogP) is 5.33. The number of unbranched alkanes of at least 4 members (excludes halogenated alkanes) is 3. The van der Waals surface area contributed by atoms with Crippen molar-refractivity contribution in [1.29, 1.82) is 0 Å². The number of hydrogen-bond donors (Lipinski definition) is 1. The van der Waals surface area contributed by atoms with E-state index in [9.17, 15) is 0 Å². The van der Waals surface area contributed by atoms with Gasteiger partial charge < -0.3 is 0 Å². The molecule has 0 bridgehead atoms. The fourth-order valence-electron chi connectivity index (χ4n) is 2.17. The van der Waals surface area contributed by atoms with Crippen LogP contribution >= 0.6 is 12.6 Å². The van der Waals surface area contributed by atoms with Crippen LogP contribution in [0.15, 0.2) is 0 Å². The minimum Gasteiger partial charge on any atom is -0.179 e. The molecule has 1 atom stereocenters. The lowest BCUT2D eigenvalue weighted by molar-refractivity contribution is 0.205. The van der Waals surface area contributed by atoms with E-state index in [1.165, 1.54) is 44.9 Å². The molecule has 1 unspecified atom stereocenters. The standard InChI is InChI=1S/C14H30S/c1-5-6-7-8-10-13(11-9-12-15)14(2,3)4/h13,15H,5-12H2,1-4H3. The highest BCUT2D eigenvalue weighted by Crippen LogP contribution is 2.34. The van der Waals surface area contributed by atoms with Crippen molar-refractivity contribution >= 4 is 12.6 Å². The largest absolute Gasteiger partial charge is 0.179 e. The number of rotatable bonds is 8. The smallest absolute Gasteiger partial charge is 0.00978 e. The van der Waals surface area contributed by atoms with Crippen molar-refractivity contribution in [3.63, 3.8) is 0 Å². The first-order valence-electron chi connectivity index (χ1n) is 6.63. The highest BCUT2D eigenvalue weighted by atomic mass is 32.1. The number of hydrogen-bond acceptors (Lipinski definition) is 1. The fraction of sp³-hybridized carbons (Fsp3) is 1.00. The molecule has 0 aromatic rings. The normalized spacial score (nSPS) is 14.2. The second-order valence-corrected chi connectivity index (χ2v) is 6.23. The summed E-state index contributed by atoms with van der Waals surface area (Å²) in [5, 5.41) is 0. The molecule has 0 rings (SSSR count). The van der Waals surface area contributed by atoms with Crippen molar-refractivity contribution < 1.29 is 0 Å². The molecule has 0 aliphatic rings. The average molecular weight is 230 g/mol. The molecule has 0 heterocycles. The van der Waals surface area contributed by atoms with Crippen LogP contribution in [0.1, 0.15) is 72.6 Å². The Morgan fingerprint density at radius 1 is 0.933 bits per heavy atom. The topological polar surface area (TPSA) is 0 Å². The van der Waals surface area contributed by atoms with Crippen molar-refractivity contribution in [2.75, 3.05) is 5.75 Å². The lowest BCUT2D eigenvalue weighted by Crippen LogP contribution is -2.20. The van der Waals surface area contributed by atoms with E-state index in [4.69, 9.17) is 0 Å². The van der Waals surface area contributed by atoms with Gasteiger partial charge in [-0.3, -0.25) is 0 Å². The Morgan fingerprint density at radius 3 is 2.00 bits per heavy atom. The SMILES string of the molecule is CCCCCCC(CCCS)C(C)(C)C. The van der Waals surface area contributed by atoms with E-state index >= 15 is 0 Å². The van der Waals surface area contributed by atoms with E-state index in [1.807, 2.05) is 0 Å². The summed E-state index contributed by atoms with van der Waals surface area (Å²) < 4.78 is 0. The van der Waals surface area contributed by atoms with Crippen molar-refractivity contribution in [2.24, 2.45) is 11.3 Å². The van der Waals surface area contributed by atoms with Gasteiger partial charge in [0.1, 0.15) is 0 Å². The molecule has 92 valence electrons. The highest BCUT2D eigenvalue weighted by molar-refractivity contribution is 7.80. The molecule has 0 aliphatic heterocycles. The lowest BCUT2D eigenvalue weighted by atomic mass is 9.75. The fourth-order valence-corrected chi connectivity index (χ4v) is 2.35. The van der Waals surface area contributed by atoms with E-state index in [1.54, 1.807) is 0 Å². The van der Waals surface area contributed by atoms with Gasteiger partial charge in [-0.15, -0.1) is 0 Å². The molecule has 0 aromatic carbocycles. The zero-order valence-corrected chi connectivity index (χ0v) is 12.1. The maximum atomic E-state index is 4.32. The summed E-state index contributed by atoms with van der Waals surface area (Å²) in [4.78, 5) is 0. The summed E-state index contributed by atoms with van der Waals surface area (Å²) >= 11 is 4.32. The molecular formula is C14H30S. The molecule has 0 N–H and O–H groups in total. The van der Waals surface area contributed by atoms with E-state index in [0.717, 1.165) is 11.7 Å². The first-order valence-corrected chi connectivity index (χ1v) is 7.26. The lowest BCUT2D eigenvalue weighted by Gasteiger charge is -2.31. The molecule has 0 aromatic heterocycles. The Kier molecular flexibility index (Phi) is 8.69. The Balaban J connectivity index is 3.81. The van der Waals surface area contributed by atoms with Gasteiger partial charge in [0.25, 0.3) is 0 Å². The van der Waals surface area contributed by atoms with Crippen molar-refractivity contribution in [1.82, 2.24) is 0 Å². The second-order valence-electron chi connectivity index (χ2n) is 5.78. The van der Waals surface area contributed by atoms with Crippen molar-refractivity contribution in [2.45, 2.75) is 72.6 Å². The summed E-state index contributed by atoms with van der Waals surface area (Å²) in [6, 6.07) is 0. The molecule has 1 heteroatoms. The Hall–Kier alpha value is 0.350. The maximum Gasteiger partial charge on any atom is -0.00978 e. The van der Waals surface area contributed by atoms with Gasteiger partial charge in [-0.25, -0.2) is 0 Å². The van der Waals surface area contributed by atoms with E-state index < -0.39 is 0 Å². The van der Waals surface area contributed by atoms with Crippen LogP contribution in [0.5, 0.6) is 0 Å². The minimum atomic E-state index is 0.481. The first-order chi connectivity index (χ1) is 7.02. The highest BCUT2D eigenvalue weighted by Gasteiger charge is 2.23. The van der Waals surface area contributed by atoms with Gasteiger partial charge in [0.05, 0.1) is 0 Å². The van der Waals surface area contributed by atoms with Crippen LogP contribution in [0.4, 0.5) is 0 Å². The molecular weight excluding hydrogens is 200 g/mol. The zero-order valence-electron chi connectivity index (χ0n) is 11.2. The maximum absolute atomic E-state index is 4.32. The van der Waals surface area contributed by atoms with Crippen LogP contribution in [0.25, 0.3) is 0 Å². The third-order valence-electron chi connectivity index (χ3n) is 3.34. The summed E-state index contributed by atoms with van der Waals surface area (Å²) in [7, 11) is 0. The molecule has 0 saturated heterocycles. The van der Waals surface area contributed by atoms with E-state index in [-0.39, 0.29) is 0 Å². The number of thiol groups is 1. The molecule has 0 fully saturated rings. The summed E-state index contributed by atoms with van der Waals surface area (Å²) in [6.45, 7) is 9.43. The molecule has 0 nitrogen and oxygen atoms in total. The van der Waals surface area contributed by atoms with E-state index in [0.29, 0.717) is 5.41 Å². The molecule has 0 amide bonds. The average Bonchev–Trinajstić information content (AvgIpc) is 2.15.